The van der Waals surface area contributed by atoms with Gasteiger partial charge >= 0.3 is 0 Å². The number of hydrogen-bond donors (Lipinski definition) is 1. The highest BCUT2D eigenvalue weighted by atomic mass is 35.5. The predicted octanol–water partition coefficient (Wildman–Crippen LogP) is 6.03. The summed E-state index contributed by atoms with van der Waals surface area (Å²) in [5.74, 6) is 0.298. The molecule has 0 saturated heterocycles. The third-order valence-corrected chi connectivity index (χ3v) is 5.27. The van der Waals surface area contributed by atoms with Crippen LogP contribution in [-0.2, 0) is 4.79 Å². The highest BCUT2D eigenvalue weighted by Gasteiger charge is 2.08. The normalized spacial score (nSPS) is 11.6. The average molecular weight is 371 g/mol. The Bertz CT molecular complexity index is 903. The van der Waals surface area contributed by atoms with Crippen molar-refractivity contribution in [2.24, 2.45) is 0 Å². The highest BCUT2D eigenvalue weighted by Crippen LogP contribution is 2.30. The minimum absolute atomic E-state index is 0.199. The minimum Gasteiger partial charge on any atom is -0.298 e. The molecule has 0 aliphatic heterocycles. The molecule has 0 aliphatic carbocycles. The molecule has 0 atom stereocenters. The number of fused-ring (bicyclic) bond motifs is 1. The molecule has 0 spiro atoms. The molecule has 3 rings (SSSR count). The van der Waals surface area contributed by atoms with E-state index in [9.17, 15) is 4.79 Å². The van der Waals surface area contributed by atoms with E-state index in [1.165, 1.54) is 23.0 Å². The van der Waals surface area contributed by atoms with Crippen molar-refractivity contribution in [3.05, 3.63) is 64.2 Å². The van der Waals surface area contributed by atoms with Gasteiger partial charge in [-0.3, -0.25) is 10.1 Å². The van der Waals surface area contributed by atoms with Gasteiger partial charge in [-0.1, -0.05) is 61.1 Å². The molecule has 1 aromatic heterocycles. The fraction of sp³-hybridized carbons (Fsp3) is 0.200. The van der Waals surface area contributed by atoms with E-state index in [0.29, 0.717) is 16.1 Å². The summed E-state index contributed by atoms with van der Waals surface area (Å²) in [6.45, 7) is 6.27. The monoisotopic (exact) mass is 370 g/mol. The van der Waals surface area contributed by atoms with E-state index >= 15 is 0 Å². The van der Waals surface area contributed by atoms with Gasteiger partial charge in [0.1, 0.15) is 0 Å². The molecular weight excluding hydrogens is 352 g/mol. The molecule has 0 bridgehead atoms. The molecule has 2 aromatic carbocycles. The summed E-state index contributed by atoms with van der Waals surface area (Å²) in [6.07, 6.45) is 3.32. The zero-order valence-corrected chi connectivity index (χ0v) is 15.9. The lowest BCUT2D eigenvalue weighted by molar-refractivity contribution is -0.111. The number of hydrogen-bond acceptors (Lipinski definition) is 3. The van der Waals surface area contributed by atoms with E-state index in [4.69, 9.17) is 11.6 Å². The van der Waals surface area contributed by atoms with E-state index in [2.05, 4.69) is 36.3 Å². The van der Waals surface area contributed by atoms with Gasteiger partial charge in [-0.25, -0.2) is 4.98 Å². The molecule has 5 heteroatoms. The number of aryl methyl sites for hydroxylation is 1. The third kappa shape index (κ3) is 4.27. The van der Waals surface area contributed by atoms with Gasteiger partial charge in [0.25, 0.3) is 0 Å². The molecule has 1 amide bonds. The minimum atomic E-state index is -0.199. The first-order chi connectivity index (χ1) is 11.9. The molecule has 3 aromatic rings. The maximum Gasteiger partial charge on any atom is 0.250 e. The number of benzene rings is 2. The lowest BCUT2D eigenvalue weighted by Crippen LogP contribution is -2.07. The topological polar surface area (TPSA) is 42.0 Å². The SMILES string of the molecule is Cc1cc2sc(NC(=O)/C=C/c3ccc(C(C)C)cc3)nc2cc1Cl. The third-order valence-electron chi connectivity index (χ3n) is 3.93. The Balaban J connectivity index is 1.69. The predicted molar refractivity (Wildman–Crippen MR) is 108 cm³/mol. The summed E-state index contributed by atoms with van der Waals surface area (Å²) in [6, 6.07) is 12.0. The van der Waals surface area contributed by atoms with Gasteiger partial charge in [0.2, 0.25) is 5.91 Å². The van der Waals surface area contributed by atoms with Gasteiger partial charge in [-0.15, -0.1) is 0 Å². The number of nitrogens with zero attached hydrogens (tertiary/aromatic N) is 1. The summed E-state index contributed by atoms with van der Waals surface area (Å²) < 4.78 is 1.01. The van der Waals surface area contributed by atoms with Crippen molar-refractivity contribution >= 4 is 50.3 Å². The van der Waals surface area contributed by atoms with Crippen LogP contribution in [0.25, 0.3) is 16.3 Å². The van der Waals surface area contributed by atoms with Crippen LogP contribution in [0, 0.1) is 6.92 Å². The van der Waals surface area contributed by atoms with Crippen LogP contribution in [-0.4, -0.2) is 10.9 Å². The van der Waals surface area contributed by atoms with Gasteiger partial charge in [-0.05, 0) is 47.7 Å². The number of carbonyl (C=O) groups excluding carboxylic acids is 1. The Kier molecular flexibility index (Phi) is 5.21. The number of nitrogens with one attached hydrogen (secondary N) is 1. The van der Waals surface area contributed by atoms with Crippen molar-refractivity contribution in [2.75, 3.05) is 5.32 Å². The largest absolute Gasteiger partial charge is 0.298 e. The first-order valence-electron chi connectivity index (χ1n) is 8.08. The molecular formula is C20H19ClN2OS. The van der Waals surface area contributed by atoms with Crippen LogP contribution in [0.1, 0.15) is 36.5 Å². The van der Waals surface area contributed by atoms with Crippen molar-refractivity contribution in [1.29, 1.82) is 0 Å². The van der Waals surface area contributed by atoms with Crippen LogP contribution >= 0.6 is 22.9 Å². The highest BCUT2D eigenvalue weighted by molar-refractivity contribution is 7.22. The maximum absolute atomic E-state index is 12.1. The molecule has 128 valence electrons. The maximum atomic E-state index is 12.1. The van der Waals surface area contributed by atoms with Gasteiger partial charge in [0, 0.05) is 11.1 Å². The fourth-order valence-corrected chi connectivity index (χ4v) is 3.52. The van der Waals surface area contributed by atoms with E-state index < -0.39 is 0 Å². The Morgan fingerprint density at radius 2 is 1.96 bits per heavy atom. The molecule has 0 unspecified atom stereocenters. The first-order valence-corrected chi connectivity index (χ1v) is 9.27. The smallest absolute Gasteiger partial charge is 0.250 e. The molecule has 3 nitrogen and oxygen atoms in total. The van der Waals surface area contributed by atoms with E-state index in [-0.39, 0.29) is 5.91 Å². The van der Waals surface area contributed by atoms with Crippen LogP contribution in [0.4, 0.5) is 5.13 Å². The number of aromatic nitrogens is 1. The van der Waals surface area contributed by atoms with Crippen molar-refractivity contribution in [3.63, 3.8) is 0 Å². The second-order valence-electron chi connectivity index (χ2n) is 6.23. The summed E-state index contributed by atoms with van der Waals surface area (Å²) in [5, 5.41) is 4.06. The fourth-order valence-electron chi connectivity index (χ4n) is 2.41. The summed E-state index contributed by atoms with van der Waals surface area (Å²) in [5.41, 5.74) is 4.07. The van der Waals surface area contributed by atoms with Crippen LogP contribution in [0.3, 0.4) is 0 Å². The number of carbonyl (C=O) groups is 1. The van der Waals surface area contributed by atoms with E-state index in [1.54, 1.807) is 6.08 Å². The van der Waals surface area contributed by atoms with Gasteiger partial charge in [0.05, 0.1) is 10.2 Å². The lowest BCUT2D eigenvalue weighted by atomic mass is 10.0. The molecule has 0 fully saturated rings. The van der Waals surface area contributed by atoms with Crippen LogP contribution in [0.2, 0.25) is 5.02 Å². The van der Waals surface area contributed by atoms with Gasteiger partial charge < -0.3 is 0 Å². The van der Waals surface area contributed by atoms with E-state index in [0.717, 1.165) is 21.3 Å². The Morgan fingerprint density at radius 1 is 1.24 bits per heavy atom. The standard InChI is InChI=1S/C20H19ClN2OS/c1-12(2)15-7-4-14(5-8-15)6-9-19(24)23-20-22-17-11-16(21)13(3)10-18(17)25-20/h4-12H,1-3H3,(H,22,23,24)/b9-6+. The number of amides is 1. The van der Waals surface area contributed by atoms with Crippen LogP contribution in [0.15, 0.2) is 42.5 Å². The molecule has 0 radical (unpaired) electrons. The second kappa shape index (κ2) is 7.38. The number of rotatable bonds is 4. The summed E-state index contributed by atoms with van der Waals surface area (Å²) >= 11 is 7.56. The second-order valence-corrected chi connectivity index (χ2v) is 7.67. The Labute approximate surface area is 156 Å². The van der Waals surface area contributed by atoms with Crippen molar-refractivity contribution in [1.82, 2.24) is 4.98 Å². The quantitative estimate of drug-likeness (QED) is 0.569. The zero-order valence-electron chi connectivity index (χ0n) is 14.3. The number of thiazole rings is 1. The molecule has 25 heavy (non-hydrogen) atoms. The molecule has 0 saturated carbocycles. The van der Waals surface area contributed by atoms with Gasteiger partial charge in [-0.2, -0.15) is 0 Å². The Morgan fingerprint density at radius 3 is 2.64 bits per heavy atom. The van der Waals surface area contributed by atoms with Crippen LogP contribution in [0.5, 0.6) is 0 Å². The lowest BCUT2D eigenvalue weighted by Gasteiger charge is -2.04. The number of halogens is 1. The first kappa shape index (κ1) is 17.6. The summed E-state index contributed by atoms with van der Waals surface area (Å²) in [7, 11) is 0. The zero-order chi connectivity index (χ0) is 18.0. The van der Waals surface area contributed by atoms with Crippen molar-refractivity contribution < 1.29 is 4.79 Å². The molecule has 1 heterocycles. The van der Waals surface area contributed by atoms with Crippen molar-refractivity contribution in [2.45, 2.75) is 26.7 Å². The molecule has 0 aliphatic rings. The summed E-state index contributed by atoms with van der Waals surface area (Å²) in [4.78, 5) is 16.5. The van der Waals surface area contributed by atoms with Crippen molar-refractivity contribution in [3.8, 4) is 0 Å². The van der Waals surface area contributed by atoms with Gasteiger partial charge in [0.15, 0.2) is 5.13 Å². The number of anilines is 1. The van der Waals surface area contributed by atoms with E-state index in [1.807, 2.05) is 31.2 Å². The average Bonchev–Trinajstić information content (AvgIpc) is 2.94. The van der Waals surface area contributed by atoms with Crippen LogP contribution < -0.4 is 5.32 Å². The Hall–Kier alpha value is -2.17. The molecule has 1 N–H and O–H groups in total.